The summed E-state index contributed by atoms with van der Waals surface area (Å²) in [4.78, 5) is 11.1. The Morgan fingerprint density at radius 3 is 2.68 bits per heavy atom. The van der Waals surface area contributed by atoms with Gasteiger partial charge in [-0.1, -0.05) is 19.1 Å². The Morgan fingerprint density at radius 2 is 2.11 bits per heavy atom. The molecular weight excluding hydrogens is 240 g/mol. The lowest BCUT2D eigenvalue weighted by Gasteiger charge is -2.14. The van der Waals surface area contributed by atoms with Crippen molar-refractivity contribution in [1.82, 2.24) is 5.32 Å². The number of rotatable bonds is 7. The van der Waals surface area contributed by atoms with Crippen molar-refractivity contribution < 1.29 is 9.53 Å². The number of nitriles is 1. The van der Waals surface area contributed by atoms with Crippen LogP contribution in [0.3, 0.4) is 0 Å². The van der Waals surface area contributed by atoms with Crippen molar-refractivity contribution in [2.45, 2.75) is 32.7 Å². The Kier molecular flexibility index (Phi) is 6.62. The van der Waals surface area contributed by atoms with E-state index in [0.717, 1.165) is 12.0 Å². The Labute approximate surface area is 114 Å². The fourth-order valence-electron chi connectivity index (χ4n) is 1.68. The van der Waals surface area contributed by atoms with Gasteiger partial charge in [0.15, 0.2) is 0 Å². The van der Waals surface area contributed by atoms with Crippen LogP contribution in [0.25, 0.3) is 0 Å². The van der Waals surface area contributed by atoms with Gasteiger partial charge in [-0.2, -0.15) is 5.26 Å². The fourth-order valence-corrected chi connectivity index (χ4v) is 1.68. The van der Waals surface area contributed by atoms with Crippen molar-refractivity contribution in [3.05, 3.63) is 35.4 Å². The molecule has 0 saturated heterocycles. The average molecular weight is 260 g/mol. The Bertz CT molecular complexity index is 434. The zero-order valence-corrected chi connectivity index (χ0v) is 11.5. The SMILES string of the molecule is CCCC(=O)OCCN[C@H](C)c1ccc(C#N)cc1. The summed E-state index contributed by atoms with van der Waals surface area (Å²) >= 11 is 0. The summed E-state index contributed by atoms with van der Waals surface area (Å²) in [7, 11) is 0. The highest BCUT2D eigenvalue weighted by Crippen LogP contribution is 2.12. The van der Waals surface area contributed by atoms with E-state index in [1.165, 1.54) is 0 Å². The lowest BCUT2D eigenvalue weighted by atomic mass is 10.1. The molecule has 1 rings (SSSR count). The summed E-state index contributed by atoms with van der Waals surface area (Å²) in [6, 6.07) is 9.72. The minimum Gasteiger partial charge on any atom is -0.464 e. The molecule has 1 N–H and O–H groups in total. The highest BCUT2D eigenvalue weighted by molar-refractivity contribution is 5.69. The maximum atomic E-state index is 11.1. The highest BCUT2D eigenvalue weighted by Gasteiger charge is 2.05. The molecule has 0 saturated carbocycles. The molecule has 0 aromatic heterocycles. The first-order valence-corrected chi connectivity index (χ1v) is 6.56. The van der Waals surface area contributed by atoms with Crippen molar-refractivity contribution in [2.24, 2.45) is 0 Å². The van der Waals surface area contributed by atoms with E-state index in [-0.39, 0.29) is 12.0 Å². The Hall–Kier alpha value is -1.86. The van der Waals surface area contributed by atoms with Gasteiger partial charge in [-0.25, -0.2) is 0 Å². The molecule has 4 heteroatoms. The van der Waals surface area contributed by atoms with Gasteiger partial charge in [0.05, 0.1) is 11.6 Å². The van der Waals surface area contributed by atoms with Crippen LogP contribution in [0.15, 0.2) is 24.3 Å². The largest absolute Gasteiger partial charge is 0.464 e. The fraction of sp³-hybridized carbons (Fsp3) is 0.467. The van der Waals surface area contributed by atoms with Crippen LogP contribution in [0, 0.1) is 11.3 Å². The molecule has 0 aliphatic rings. The molecule has 1 aromatic carbocycles. The highest BCUT2D eigenvalue weighted by atomic mass is 16.5. The molecule has 0 radical (unpaired) electrons. The van der Waals surface area contributed by atoms with Gasteiger partial charge in [0.1, 0.15) is 6.61 Å². The van der Waals surface area contributed by atoms with E-state index in [4.69, 9.17) is 10.00 Å². The Balaban J connectivity index is 2.29. The summed E-state index contributed by atoms with van der Waals surface area (Å²) in [5.74, 6) is -0.143. The summed E-state index contributed by atoms with van der Waals surface area (Å²) in [6.45, 7) is 5.00. The van der Waals surface area contributed by atoms with Crippen LogP contribution < -0.4 is 5.32 Å². The number of nitrogens with zero attached hydrogens (tertiary/aromatic N) is 1. The first kappa shape index (κ1) is 15.2. The molecule has 0 spiro atoms. The average Bonchev–Trinajstić information content (AvgIpc) is 2.44. The van der Waals surface area contributed by atoms with E-state index in [1.807, 2.05) is 26.0 Å². The lowest BCUT2D eigenvalue weighted by molar-refractivity contribution is -0.143. The number of hydrogen-bond donors (Lipinski definition) is 1. The molecule has 19 heavy (non-hydrogen) atoms. The van der Waals surface area contributed by atoms with Crippen molar-refractivity contribution in [1.29, 1.82) is 5.26 Å². The third kappa shape index (κ3) is 5.54. The van der Waals surface area contributed by atoms with Crippen molar-refractivity contribution in [2.75, 3.05) is 13.2 Å². The van der Waals surface area contributed by atoms with Gasteiger partial charge in [-0.05, 0) is 31.0 Å². The minimum absolute atomic E-state index is 0.143. The summed E-state index contributed by atoms with van der Waals surface area (Å²) in [6.07, 6.45) is 1.29. The lowest BCUT2D eigenvalue weighted by Crippen LogP contribution is -2.24. The first-order valence-electron chi connectivity index (χ1n) is 6.56. The number of hydrogen-bond acceptors (Lipinski definition) is 4. The zero-order valence-electron chi connectivity index (χ0n) is 11.5. The second kappa shape index (κ2) is 8.28. The van der Waals surface area contributed by atoms with Crippen LogP contribution in [0.4, 0.5) is 0 Å². The van der Waals surface area contributed by atoms with Crippen LogP contribution >= 0.6 is 0 Å². The van der Waals surface area contributed by atoms with E-state index in [2.05, 4.69) is 11.4 Å². The van der Waals surface area contributed by atoms with Crippen LogP contribution in [-0.4, -0.2) is 19.1 Å². The van der Waals surface area contributed by atoms with Gasteiger partial charge in [-0.3, -0.25) is 4.79 Å². The predicted molar refractivity (Wildman–Crippen MR) is 73.4 cm³/mol. The van der Waals surface area contributed by atoms with E-state index < -0.39 is 0 Å². The van der Waals surface area contributed by atoms with Gasteiger partial charge in [0.2, 0.25) is 0 Å². The standard InChI is InChI=1S/C15H20N2O2/c1-3-4-15(18)19-10-9-17-12(2)14-7-5-13(11-16)6-8-14/h5-8,12,17H,3-4,9-10H2,1-2H3/t12-/m1/s1. The number of benzene rings is 1. The van der Waals surface area contributed by atoms with E-state index >= 15 is 0 Å². The molecular formula is C15H20N2O2. The van der Waals surface area contributed by atoms with Crippen LogP contribution in [-0.2, 0) is 9.53 Å². The summed E-state index contributed by atoms with van der Waals surface area (Å²) in [5, 5.41) is 12.0. The molecule has 4 nitrogen and oxygen atoms in total. The predicted octanol–water partition coefficient (Wildman–Crippen LogP) is 2.55. The molecule has 0 unspecified atom stereocenters. The zero-order chi connectivity index (χ0) is 14.1. The second-order valence-electron chi connectivity index (χ2n) is 4.38. The summed E-state index contributed by atoms with van der Waals surface area (Å²) < 4.78 is 5.06. The van der Waals surface area contributed by atoms with Crippen molar-refractivity contribution >= 4 is 5.97 Å². The molecule has 0 fully saturated rings. The maximum Gasteiger partial charge on any atom is 0.305 e. The number of carbonyl (C=O) groups excluding carboxylic acids is 1. The normalized spacial score (nSPS) is 11.6. The van der Waals surface area contributed by atoms with Crippen molar-refractivity contribution in [3.63, 3.8) is 0 Å². The minimum atomic E-state index is -0.143. The first-order chi connectivity index (χ1) is 9.17. The number of carbonyl (C=O) groups is 1. The molecule has 0 aliphatic carbocycles. The molecule has 1 aromatic rings. The molecule has 102 valence electrons. The molecule has 1 atom stereocenters. The van der Waals surface area contributed by atoms with Gasteiger partial charge in [0.25, 0.3) is 0 Å². The molecule has 0 aliphatic heterocycles. The molecule has 0 amide bonds. The van der Waals surface area contributed by atoms with Crippen LogP contribution in [0.2, 0.25) is 0 Å². The smallest absolute Gasteiger partial charge is 0.305 e. The maximum absolute atomic E-state index is 11.1. The van der Waals surface area contributed by atoms with Gasteiger partial charge < -0.3 is 10.1 Å². The number of ether oxygens (including phenoxy) is 1. The van der Waals surface area contributed by atoms with Crippen LogP contribution in [0.5, 0.6) is 0 Å². The quantitative estimate of drug-likeness (QED) is 0.604. The van der Waals surface area contributed by atoms with Gasteiger partial charge in [-0.15, -0.1) is 0 Å². The van der Waals surface area contributed by atoms with E-state index in [9.17, 15) is 4.79 Å². The van der Waals surface area contributed by atoms with Crippen molar-refractivity contribution in [3.8, 4) is 6.07 Å². The molecule has 0 bridgehead atoms. The summed E-state index contributed by atoms with van der Waals surface area (Å²) in [5.41, 5.74) is 1.77. The number of esters is 1. The number of nitrogens with one attached hydrogen (secondary N) is 1. The molecule has 0 heterocycles. The van der Waals surface area contributed by atoms with E-state index in [0.29, 0.717) is 25.1 Å². The van der Waals surface area contributed by atoms with Gasteiger partial charge >= 0.3 is 5.97 Å². The topological polar surface area (TPSA) is 62.1 Å². The third-order valence-corrected chi connectivity index (χ3v) is 2.81. The third-order valence-electron chi connectivity index (χ3n) is 2.81. The van der Waals surface area contributed by atoms with E-state index in [1.54, 1.807) is 12.1 Å². The van der Waals surface area contributed by atoms with Crippen LogP contribution in [0.1, 0.15) is 43.9 Å². The monoisotopic (exact) mass is 260 g/mol. The van der Waals surface area contributed by atoms with Gasteiger partial charge in [0, 0.05) is 19.0 Å². The second-order valence-corrected chi connectivity index (χ2v) is 4.38. The Morgan fingerprint density at radius 1 is 1.42 bits per heavy atom.